The van der Waals surface area contributed by atoms with Gasteiger partial charge in [-0.2, -0.15) is 5.26 Å². The SMILES string of the molecule is COc1ccc(-n2cccc2/C=C(/C#N)c2ccccc2)cc1. The highest BCUT2D eigenvalue weighted by Gasteiger charge is 2.05. The first-order chi connectivity index (χ1) is 11.3. The van der Waals surface area contributed by atoms with Gasteiger partial charge in [-0.3, -0.25) is 0 Å². The van der Waals surface area contributed by atoms with Crippen LogP contribution in [-0.4, -0.2) is 11.7 Å². The molecular weight excluding hydrogens is 284 g/mol. The molecule has 0 amide bonds. The van der Waals surface area contributed by atoms with E-state index in [2.05, 4.69) is 6.07 Å². The second kappa shape index (κ2) is 6.67. The maximum atomic E-state index is 9.46. The molecule has 0 fully saturated rings. The summed E-state index contributed by atoms with van der Waals surface area (Å²) in [6, 6.07) is 23.8. The van der Waals surface area contributed by atoms with Gasteiger partial charge in [-0.1, -0.05) is 30.3 Å². The van der Waals surface area contributed by atoms with Crippen molar-refractivity contribution < 1.29 is 4.74 Å². The van der Waals surface area contributed by atoms with Crippen molar-refractivity contribution >= 4 is 11.6 Å². The Morgan fingerprint density at radius 3 is 2.39 bits per heavy atom. The summed E-state index contributed by atoms with van der Waals surface area (Å²) in [4.78, 5) is 0. The average Bonchev–Trinajstić information content (AvgIpc) is 3.08. The van der Waals surface area contributed by atoms with Gasteiger partial charge in [0.15, 0.2) is 0 Å². The highest BCUT2D eigenvalue weighted by Crippen LogP contribution is 2.21. The molecule has 0 aliphatic rings. The lowest BCUT2D eigenvalue weighted by atomic mass is 10.1. The standard InChI is InChI=1S/C20H16N2O/c1-23-20-11-9-18(10-12-20)22-13-5-8-19(22)14-17(15-21)16-6-3-2-4-7-16/h2-14H,1H3/b17-14-. The third-order valence-corrected chi connectivity index (χ3v) is 3.63. The number of benzene rings is 2. The Balaban J connectivity index is 2.00. The zero-order valence-corrected chi connectivity index (χ0v) is 12.8. The smallest absolute Gasteiger partial charge is 0.119 e. The number of methoxy groups -OCH3 is 1. The molecular formula is C20H16N2O. The lowest BCUT2D eigenvalue weighted by Crippen LogP contribution is -1.95. The lowest BCUT2D eigenvalue weighted by Gasteiger charge is -2.08. The van der Waals surface area contributed by atoms with Crippen molar-refractivity contribution in [2.75, 3.05) is 7.11 Å². The minimum Gasteiger partial charge on any atom is -0.497 e. The van der Waals surface area contributed by atoms with Gasteiger partial charge in [0.1, 0.15) is 5.75 Å². The molecule has 112 valence electrons. The van der Waals surface area contributed by atoms with Gasteiger partial charge in [0, 0.05) is 17.6 Å². The minimum atomic E-state index is 0.638. The van der Waals surface area contributed by atoms with Crippen molar-refractivity contribution in [3.05, 3.63) is 84.2 Å². The third kappa shape index (κ3) is 3.17. The summed E-state index contributed by atoms with van der Waals surface area (Å²) in [5, 5.41) is 9.46. The molecule has 1 aromatic heterocycles. The molecule has 0 aliphatic heterocycles. The van der Waals surface area contributed by atoms with E-state index in [-0.39, 0.29) is 0 Å². The molecule has 0 spiro atoms. The number of aromatic nitrogens is 1. The van der Waals surface area contributed by atoms with E-state index in [0.29, 0.717) is 5.57 Å². The summed E-state index contributed by atoms with van der Waals surface area (Å²) in [6.07, 6.45) is 3.88. The van der Waals surface area contributed by atoms with E-state index < -0.39 is 0 Å². The molecule has 3 aromatic rings. The van der Waals surface area contributed by atoms with Crippen LogP contribution >= 0.6 is 0 Å². The zero-order chi connectivity index (χ0) is 16.1. The first-order valence-electron chi connectivity index (χ1n) is 7.31. The van der Waals surface area contributed by atoms with E-state index in [4.69, 9.17) is 4.74 Å². The van der Waals surface area contributed by atoms with Crippen molar-refractivity contribution in [3.8, 4) is 17.5 Å². The monoisotopic (exact) mass is 300 g/mol. The van der Waals surface area contributed by atoms with Gasteiger partial charge in [-0.25, -0.2) is 0 Å². The molecule has 3 rings (SSSR count). The molecule has 2 aromatic carbocycles. The predicted octanol–water partition coefficient (Wildman–Crippen LogP) is 4.55. The van der Waals surface area contributed by atoms with E-state index in [1.807, 2.05) is 83.6 Å². The largest absolute Gasteiger partial charge is 0.497 e. The number of allylic oxidation sites excluding steroid dienone is 1. The summed E-state index contributed by atoms with van der Waals surface area (Å²) in [5.41, 5.74) is 3.53. The van der Waals surface area contributed by atoms with Crippen LogP contribution < -0.4 is 4.74 Å². The number of rotatable bonds is 4. The summed E-state index contributed by atoms with van der Waals surface area (Å²) >= 11 is 0. The number of hydrogen-bond acceptors (Lipinski definition) is 2. The molecule has 3 heteroatoms. The molecule has 0 radical (unpaired) electrons. The highest BCUT2D eigenvalue weighted by molar-refractivity contribution is 5.89. The van der Waals surface area contributed by atoms with Gasteiger partial charge in [0.2, 0.25) is 0 Å². The van der Waals surface area contributed by atoms with Gasteiger partial charge in [0.05, 0.1) is 18.8 Å². The van der Waals surface area contributed by atoms with Crippen LogP contribution in [0.1, 0.15) is 11.3 Å². The summed E-state index contributed by atoms with van der Waals surface area (Å²) in [5.74, 6) is 0.819. The van der Waals surface area contributed by atoms with Gasteiger partial charge >= 0.3 is 0 Å². The van der Waals surface area contributed by atoms with Crippen LogP contribution in [0.5, 0.6) is 5.75 Å². The van der Waals surface area contributed by atoms with Crippen molar-refractivity contribution in [3.63, 3.8) is 0 Å². The molecule has 0 N–H and O–H groups in total. The van der Waals surface area contributed by atoms with E-state index in [1.54, 1.807) is 7.11 Å². The number of ether oxygens (including phenoxy) is 1. The number of nitriles is 1. The molecule has 0 aliphatic carbocycles. The van der Waals surface area contributed by atoms with Crippen molar-refractivity contribution in [2.24, 2.45) is 0 Å². The van der Waals surface area contributed by atoms with Crippen molar-refractivity contribution in [1.29, 1.82) is 5.26 Å². The Labute approximate surface area is 135 Å². The van der Waals surface area contributed by atoms with Crippen LogP contribution in [-0.2, 0) is 0 Å². The van der Waals surface area contributed by atoms with E-state index >= 15 is 0 Å². The molecule has 0 atom stereocenters. The third-order valence-electron chi connectivity index (χ3n) is 3.63. The van der Waals surface area contributed by atoms with Crippen molar-refractivity contribution in [1.82, 2.24) is 4.57 Å². The quantitative estimate of drug-likeness (QED) is 0.663. The topological polar surface area (TPSA) is 38.0 Å². The van der Waals surface area contributed by atoms with Gasteiger partial charge in [-0.15, -0.1) is 0 Å². The fourth-order valence-corrected chi connectivity index (χ4v) is 2.44. The van der Waals surface area contributed by atoms with E-state index in [1.165, 1.54) is 0 Å². The second-order valence-electron chi connectivity index (χ2n) is 5.04. The summed E-state index contributed by atoms with van der Waals surface area (Å²) < 4.78 is 7.23. The molecule has 0 saturated heterocycles. The average molecular weight is 300 g/mol. The molecule has 0 bridgehead atoms. The van der Waals surface area contributed by atoms with Crippen LogP contribution in [0.2, 0.25) is 0 Å². The molecule has 1 heterocycles. The summed E-state index contributed by atoms with van der Waals surface area (Å²) in [7, 11) is 1.65. The maximum Gasteiger partial charge on any atom is 0.119 e. The fourth-order valence-electron chi connectivity index (χ4n) is 2.44. The van der Waals surface area contributed by atoms with E-state index in [0.717, 1.165) is 22.7 Å². The zero-order valence-electron chi connectivity index (χ0n) is 12.8. The molecule has 0 unspecified atom stereocenters. The Morgan fingerprint density at radius 1 is 1.00 bits per heavy atom. The Hall–Kier alpha value is -3.25. The highest BCUT2D eigenvalue weighted by atomic mass is 16.5. The normalized spacial score (nSPS) is 11.0. The Morgan fingerprint density at radius 2 is 1.74 bits per heavy atom. The minimum absolute atomic E-state index is 0.638. The lowest BCUT2D eigenvalue weighted by molar-refractivity contribution is 0.414. The first-order valence-corrected chi connectivity index (χ1v) is 7.31. The number of hydrogen-bond donors (Lipinski definition) is 0. The Bertz CT molecular complexity index is 853. The van der Waals surface area contributed by atoms with Gasteiger partial charge < -0.3 is 9.30 Å². The van der Waals surface area contributed by atoms with Crippen LogP contribution in [0.3, 0.4) is 0 Å². The van der Waals surface area contributed by atoms with Gasteiger partial charge in [-0.05, 0) is 48.0 Å². The predicted molar refractivity (Wildman–Crippen MR) is 92.2 cm³/mol. The van der Waals surface area contributed by atoms with Crippen LogP contribution in [0.15, 0.2) is 72.9 Å². The molecule has 23 heavy (non-hydrogen) atoms. The van der Waals surface area contributed by atoms with Gasteiger partial charge in [0.25, 0.3) is 0 Å². The van der Waals surface area contributed by atoms with Crippen LogP contribution in [0, 0.1) is 11.3 Å². The first kappa shape index (κ1) is 14.7. The second-order valence-corrected chi connectivity index (χ2v) is 5.04. The Kier molecular flexibility index (Phi) is 4.26. The fraction of sp³-hybridized carbons (Fsp3) is 0.0500. The van der Waals surface area contributed by atoms with Crippen LogP contribution in [0.4, 0.5) is 0 Å². The molecule has 3 nitrogen and oxygen atoms in total. The number of nitrogens with zero attached hydrogens (tertiary/aromatic N) is 2. The van der Waals surface area contributed by atoms with Crippen LogP contribution in [0.25, 0.3) is 17.3 Å². The summed E-state index contributed by atoms with van der Waals surface area (Å²) in [6.45, 7) is 0. The molecule has 0 saturated carbocycles. The van der Waals surface area contributed by atoms with Crippen molar-refractivity contribution in [2.45, 2.75) is 0 Å². The maximum absolute atomic E-state index is 9.46. The van der Waals surface area contributed by atoms with E-state index in [9.17, 15) is 5.26 Å².